The Labute approximate surface area is 217 Å². The molecule has 38 heavy (non-hydrogen) atoms. The Morgan fingerprint density at radius 1 is 1.13 bits per heavy atom. The van der Waals surface area contributed by atoms with E-state index in [1.807, 2.05) is 30.5 Å². The Balaban J connectivity index is 1.03. The molecule has 13 heteroatoms. The molecule has 1 aliphatic heterocycles. The van der Waals surface area contributed by atoms with E-state index in [1.165, 1.54) is 17.2 Å². The largest absolute Gasteiger partial charge is 0.394 e. The van der Waals surface area contributed by atoms with Gasteiger partial charge in [-0.15, -0.1) is 0 Å². The number of hydrogen-bond donors (Lipinski definition) is 6. The molecule has 5 rings (SSSR count). The number of hydrogen-bond acceptors (Lipinski definition) is 10. The van der Waals surface area contributed by atoms with Gasteiger partial charge in [0.25, 0.3) is 0 Å². The lowest BCUT2D eigenvalue weighted by molar-refractivity contribution is -0.121. The van der Waals surface area contributed by atoms with E-state index in [1.54, 1.807) is 0 Å². The van der Waals surface area contributed by atoms with Crippen molar-refractivity contribution in [2.45, 2.75) is 37.4 Å². The Bertz CT molecular complexity index is 1370. The molecular formula is C25H31N7O6. The van der Waals surface area contributed by atoms with E-state index >= 15 is 0 Å². The number of amides is 1. The summed E-state index contributed by atoms with van der Waals surface area (Å²) in [6, 6.07) is 8.03. The second-order valence-electron chi connectivity index (χ2n) is 9.02. The lowest BCUT2D eigenvalue weighted by Crippen LogP contribution is -2.33. The number of aliphatic hydroxyl groups excluding tert-OH is 3. The van der Waals surface area contributed by atoms with Gasteiger partial charge in [0, 0.05) is 36.6 Å². The van der Waals surface area contributed by atoms with Gasteiger partial charge in [0.05, 0.1) is 26.1 Å². The van der Waals surface area contributed by atoms with Crippen molar-refractivity contribution in [1.29, 1.82) is 0 Å². The number of aliphatic hydroxyl groups is 3. The van der Waals surface area contributed by atoms with E-state index in [2.05, 4.69) is 30.6 Å². The number of nitrogens with one attached hydrogen (secondary N) is 3. The topological polar surface area (TPSA) is 180 Å². The summed E-state index contributed by atoms with van der Waals surface area (Å²) < 4.78 is 12.7. The van der Waals surface area contributed by atoms with Crippen LogP contribution in [0.1, 0.15) is 18.2 Å². The number of aromatic nitrogens is 5. The monoisotopic (exact) mass is 525 g/mol. The van der Waals surface area contributed by atoms with Crippen molar-refractivity contribution in [3.8, 4) is 0 Å². The summed E-state index contributed by atoms with van der Waals surface area (Å²) >= 11 is 0. The highest BCUT2D eigenvalue weighted by Gasteiger charge is 2.44. The molecular weight excluding hydrogens is 494 g/mol. The molecule has 13 nitrogen and oxygen atoms in total. The first-order valence-corrected chi connectivity index (χ1v) is 12.5. The van der Waals surface area contributed by atoms with E-state index < -0.39 is 31.1 Å². The van der Waals surface area contributed by atoms with E-state index in [0.717, 1.165) is 16.5 Å². The summed E-state index contributed by atoms with van der Waals surface area (Å²) in [4.78, 5) is 28.2. The standard InChI is InChI=1S/C25H31N7O6/c33-12-18-21(35)22(36)25(38-18)32-14-31-20-23(29-13-30-24(20)32)27-8-10-37-9-7-26-19(34)6-5-15-11-28-17-4-2-1-3-16(15)17/h1-4,11,13-14,18,21-22,25,28,33,35-36H,5-10,12H2,(H,26,34)(H,27,29,30)/t18-,21-,22-,25-/m1/s1. The van der Waals surface area contributed by atoms with Crippen LogP contribution in [0.3, 0.4) is 0 Å². The predicted molar refractivity (Wildman–Crippen MR) is 137 cm³/mol. The zero-order chi connectivity index (χ0) is 26.5. The molecule has 0 radical (unpaired) electrons. The Hall–Kier alpha value is -3.62. The molecule has 1 aromatic carbocycles. The van der Waals surface area contributed by atoms with Crippen LogP contribution in [0, 0.1) is 0 Å². The van der Waals surface area contributed by atoms with Crippen LogP contribution in [-0.4, -0.2) is 97.0 Å². The highest BCUT2D eigenvalue weighted by Crippen LogP contribution is 2.32. The van der Waals surface area contributed by atoms with Crippen LogP contribution in [0.2, 0.25) is 0 Å². The third-order valence-electron chi connectivity index (χ3n) is 6.55. The van der Waals surface area contributed by atoms with Crippen molar-refractivity contribution in [3.05, 3.63) is 48.7 Å². The van der Waals surface area contributed by atoms with Crippen molar-refractivity contribution in [2.75, 3.05) is 38.2 Å². The maximum Gasteiger partial charge on any atom is 0.220 e. The number of benzene rings is 1. The van der Waals surface area contributed by atoms with Crippen molar-refractivity contribution in [2.24, 2.45) is 0 Å². The number of para-hydroxylation sites is 1. The Morgan fingerprint density at radius 2 is 1.97 bits per heavy atom. The van der Waals surface area contributed by atoms with Gasteiger partial charge in [-0.1, -0.05) is 18.2 Å². The molecule has 1 saturated heterocycles. The second-order valence-corrected chi connectivity index (χ2v) is 9.02. The summed E-state index contributed by atoms with van der Waals surface area (Å²) in [5.74, 6) is 0.458. The molecule has 0 saturated carbocycles. The minimum atomic E-state index is -1.24. The van der Waals surface area contributed by atoms with Crippen LogP contribution >= 0.6 is 0 Å². The van der Waals surface area contributed by atoms with Gasteiger partial charge in [-0.25, -0.2) is 15.0 Å². The van der Waals surface area contributed by atoms with E-state index in [9.17, 15) is 20.1 Å². The molecule has 1 amide bonds. The number of rotatable bonds is 12. The number of carbonyl (C=O) groups excluding carboxylic acids is 1. The number of aromatic amines is 1. The first-order valence-electron chi connectivity index (χ1n) is 12.5. The number of fused-ring (bicyclic) bond motifs is 2. The van der Waals surface area contributed by atoms with E-state index in [4.69, 9.17) is 9.47 Å². The van der Waals surface area contributed by atoms with Crippen LogP contribution in [-0.2, 0) is 20.7 Å². The molecule has 0 spiro atoms. The molecule has 0 bridgehead atoms. The van der Waals surface area contributed by atoms with Crippen molar-refractivity contribution >= 4 is 33.8 Å². The van der Waals surface area contributed by atoms with Crippen LogP contribution in [0.15, 0.2) is 43.1 Å². The predicted octanol–water partition coefficient (Wildman–Crippen LogP) is 0.0966. The zero-order valence-electron chi connectivity index (χ0n) is 20.7. The molecule has 4 atom stereocenters. The summed E-state index contributed by atoms with van der Waals surface area (Å²) in [7, 11) is 0. The fraction of sp³-hybridized carbons (Fsp3) is 0.440. The summed E-state index contributed by atoms with van der Waals surface area (Å²) in [5, 5.41) is 36.8. The first kappa shape index (κ1) is 26.0. The normalized spacial score (nSPS) is 21.3. The van der Waals surface area contributed by atoms with Gasteiger partial charge >= 0.3 is 0 Å². The van der Waals surface area contributed by atoms with Gasteiger partial charge in [-0.05, 0) is 18.1 Å². The zero-order valence-corrected chi connectivity index (χ0v) is 20.7. The minimum Gasteiger partial charge on any atom is -0.394 e. The first-order chi connectivity index (χ1) is 18.6. The molecule has 0 aliphatic carbocycles. The summed E-state index contributed by atoms with van der Waals surface area (Å²) in [6.07, 6.45) is 1.54. The molecule has 4 heterocycles. The fourth-order valence-electron chi connectivity index (χ4n) is 4.56. The smallest absolute Gasteiger partial charge is 0.220 e. The molecule has 1 aliphatic rings. The maximum absolute atomic E-state index is 12.2. The number of ether oxygens (including phenoxy) is 2. The van der Waals surface area contributed by atoms with Crippen molar-refractivity contribution in [1.82, 2.24) is 29.8 Å². The van der Waals surface area contributed by atoms with E-state index in [0.29, 0.717) is 56.1 Å². The number of imidazole rings is 1. The fourth-order valence-corrected chi connectivity index (χ4v) is 4.56. The van der Waals surface area contributed by atoms with Crippen LogP contribution in [0.4, 0.5) is 5.82 Å². The summed E-state index contributed by atoms with van der Waals surface area (Å²) in [5.41, 5.74) is 3.07. The number of H-pyrrole nitrogens is 1. The maximum atomic E-state index is 12.2. The molecule has 3 aromatic heterocycles. The number of carbonyl (C=O) groups is 1. The quantitative estimate of drug-likeness (QED) is 0.139. The SMILES string of the molecule is O=C(CCc1c[nH]c2ccccc12)NCCOCCNc1ncnc2c1ncn2[C@@H]1O[C@H](CO)[C@@H](O)[C@H]1O. The molecule has 6 N–H and O–H groups in total. The highest BCUT2D eigenvalue weighted by molar-refractivity contribution is 5.84. The molecule has 4 aromatic rings. The van der Waals surface area contributed by atoms with Gasteiger partial charge in [0.15, 0.2) is 23.2 Å². The Morgan fingerprint density at radius 3 is 2.82 bits per heavy atom. The number of aryl methyl sites for hydroxylation is 1. The molecule has 1 fully saturated rings. The third-order valence-corrected chi connectivity index (χ3v) is 6.55. The number of nitrogens with zero attached hydrogens (tertiary/aromatic N) is 4. The van der Waals surface area contributed by atoms with Gasteiger partial charge in [-0.2, -0.15) is 0 Å². The lowest BCUT2D eigenvalue weighted by atomic mass is 10.1. The highest BCUT2D eigenvalue weighted by atomic mass is 16.6. The van der Waals surface area contributed by atoms with Gasteiger partial charge in [0.2, 0.25) is 5.91 Å². The van der Waals surface area contributed by atoms with Crippen LogP contribution in [0.25, 0.3) is 22.1 Å². The van der Waals surface area contributed by atoms with Crippen LogP contribution in [0.5, 0.6) is 0 Å². The van der Waals surface area contributed by atoms with Crippen molar-refractivity contribution < 1.29 is 29.6 Å². The van der Waals surface area contributed by atoms with Gasteiger partial charge < -0.3 is 40.4 Å². The number of anilines is 1. The van der Waals surface area contributed by atoms with Gasteiger partial charge in [-0.3, -0.25) is 9.36 Å². The second kappa shape index (κ2) is 11.8. The van der Waals surface area contributed by atoms with Gasteiger partial charge in [0.1, 0.15) is 24.6 Å². The minimum absolute atomic E-state index is 0.0230. The van der Waals surface area contributed by atoms with E-state index in [-0.39, 0.29) is 5.91 Å². The van der Waals surface area contributed by atoms with Crippen LogP contribution < -0.4 is 10.6 Å². The average molecular weight is 526 g/mol. The summed E-state index contributed by atoms with van der Waals surface area (Å²) in [6.45, 7) is 1.20. The Kier molecular flexibility index (Phi) is 8.10. The van der Waals surface area contributed by atoms with Crippen molar-refractivity contribution in [3.63, 3.8) is 0 Å². The molecule has 202 valence electrons. The molecule has 0 unspecified atom stereocenters. The average Bonchev–Trinajstić information content (AvgIpc) is 3.63. The third kappa shape index (κ3) is 5.47. The lowest BCUT2D eigenvalue weighted by Gasteiger charge is -2.16.